The zero-order chi connectivity index (χ0) is 10.1. The molecule has 1 rings (SSSR count). The Labute approximate surface area is 84.8 Å². The summed E-state index contributed by atoms with van der Waals surface area (Å²) in [5, 5.41) is 0. The van der Waals surface area contributed by atoms with Crippen molar-refractivity contribution in [2.45, 2.75) is 27.2 Å². The normalized spacial score (nSPS) is 10.2. The van der Waals surface area contributed by atoms with E-state index in [1.807, 2.05) is 17.8 Å². The van der Waals surface area contributed by atoms with E-state index in [0.29, 0.717) is 0 Å². The average Bonchev–Trinajstić information content (AvgIpc) is 2.58. The summed E-state index contributed by atoms with van der Waals surface area (Å²) in [6, 6.07) is 0. The van der Waals surface area contributed by atoms with Crippen LogP contribution >= 0.6 is 11.3 Å². The molecular formula is C11H17NS. The minimum Gasteiger partial charge on any atom is -0.253 e. The first-order chi connectivity index (χ1) is 6.26. The maximum Gasteiger partial charge on any atom is 0.0797 e. The molecule has 0 saturated carbocycles. The third-order valence-corrected chi connectivity index (χ3v) is 2.10. The van der Waals surface area contributed by atoms with Crippen LogP contribution in [0.5, 0.6) is 0 Å². The van der Waals surface area contributed by atoms with Gasteiger partial charge in [0.15, 0.2) is 0 Å². The van der Waals surface area contributed by atoms with Gasteiger partial charge in [0, 0.05) is 11.1 Å². The number of hydrogen-bond acceptors (Lipinski definition) is 2. The maximum atomic E-state index is 3.97. The Bertz CT molecular complexity index is 247. The molecule has 0 spiro atoms. The second-order valence-electron chi connectivity index (χ2n) is 2.66. The molecule has 0 saturated heterocycles. The monoisotopic (exact) mass is 195 g/mol. The number of thiazole rings is 1. The van der Waals surface area contributed by atoms with Crippen LogP contribution < -0.4 is 0 Å². The molecule has 2 heteroatoms. The molecule has 0 amide bonds. The van der Waals surface area contributed by atoms with Gasteiger partial charge in [-0.05, 0) is 12.5 Å². The lowest BCUT2D eigenvalue weighted by molar-refractivity contribution is 1.09. The van der Waals surface area contributed by atoms with Crippen LogP contribution in [-0.2, 0) is 0 Å². The molecule has 1 nitrogen and oxygen atoms in total. The van der Waals surface area contributed by atoms with Gasteiger partial charge >= 0.3 is 0 Å². The van der Waals surface area contributed by atoms with Gasteiger partial charge in [0.05, 0.1) is 5.51 Å². The van der Waals surface area contributed by atoms with Crippen molar-refractivity contribution < 1.29 is 0 Å². The Balaban J connectivity index is 0.000000424. The van der Waals surface area contributed by atoms with Crippen molar-refractivity contribution >= 4 is 16.9 Å². The summed E-state index contributed by atoms with van der Waals surface area (Å²) in [6.45, 7) is 9.92. The summed E-state index contributed by atoms with van der Waals surface area (Å²) < 4.78 is 0. The van der Waals surface area contributed by atoms with E-state index in [4.69, 9.17) is 0 Å². The minimum atomic E-state index is 1.21. The lowest BCUT2D eigenvalue weighted by atomic mass is 10.2. The van der Waals surface area contributed by atoms with E-state index in [9.17, 15) is 0 Å². The van der Waals surface area contributed by atoms with Gasteiger partial charge in [-0.25, -0.2) is 0 Å². The molecule has 1 aromatic heterocycles. The highest BCUT2D eigenvalue weighted by Gasteiger charge is 1.93. The Kier molecular flexibility index (Phi) is 7.21. The number of nitrogens with zero attached hydrogens (tertiary/aromatic N) is 1. The Morgan fingerprint density at radius 2 is 2.23 bits per heavy atom. The molecule has 0 atom stereocenters. The molecule has 0 aliphatic heterocycles. The predicted octanol–water partition coefficient (Wildman–Crippen LogP) is 4.15. The molecule has 72 valence electrons. The molecular weight excluding hydrogens is 178 g/mol. The fourth-order valence-electron chi connectivity index (χ4n) is 0.669. The zero-order valence-corrected chi connectivity index (χ0v) is 9.40. The van der Waals surface area contributed by atoms with Gasteiger partial charge < -0.3 is 0 Å². The highest BCUT2D eigenvalue weighted by atomic mass is 32.1. The lowest BCUT2D eigenvalue weighted by Crippen LogP contribution is -1.68. The fourth-order valence-corrected chi connectivity index (χ4v) is 1.28. The second kappa shape index (κ2) is 7.74. The van der Waals surface area contributed by atoms with Crippen LogP contribution in [0.25, 0.3) is 5.57 Å². The average molecular weight is 195 g/mol. The molecule has 0 fully saturated rings. The zero-order valence-electron chi connectivity index (χ0n) is 8.58. The van der Waals surface area contributed by atoms with Crippen molar-refractivity contribution in [1.29, 1.82) is 0 Å². The third-order valence-electron chi connectivity index (χ3n) is 1.19. The molecule has 0 aliphatic carbocycles. The van der Waals surface area contributed by atoms with Gasteiger partial charge in [-0.2, -0.15) is 0 Å². The molecule has 0 N–H and O–H groups in total. The van der Waals surface area contributed by atoms with Crippen LogP contribution in [0.15, 0.2) is 30.4 Å². The van der Waals surface area contributed by atoms with Gasteiger partial charge in [-0.15, -0.1) is 11.3 Å². The van der Waals surface area contributed by atoms with Gasteiger partial charge in [0.1, 0.15) is 0 Å². The topological polar surface area (TPSA) is 12.9 Å². The van der Waals surface area contributed by atoms with Crippen LogP contribution in [-0.4, -0.2) is 4.98 Å². The van der Waals surface area contributed by atoms with Crippen molar-refractivity contribution in [2.75, 3.05) is 0 Å². The predicted molar refractivity (Wildman–Crippen MR) is 61.9 cm³/mol. The Morgan fingerprint density at radius 3 is 2.62 bits per heavy atom. The molecule has 0 radical (unpaired) electrons. The van der Waals surface area contributed by atoms with E-state index in [2.05, 4.69) is 32.3 Å². The van der Waals surface area contributed by atoms with E-state index < -0.39 is 0 Å². The second-order valence-corrected chi connectivity index (χ2v) is 3.54. The SMILES string of the molecule is C=C/C=C(\C)c1cncs1.CCC. The molecule has 1 heterocycles. The van der Waals surface area contributed by atoms with Crippen molar-refractivity contribution in [3.8, 4) is 0 Å². The maximum absolute atomic E-state index is 3.97. The summed E-state index contributed by atoms with van der Waals surface area (Å²) >= 11 is 1.64. The van der Waals surface area contributed by atoms with Gasteiger partial charge in [0.25, 0.3) is 0 Å². The summed E-state index contributed by atoms with van der Waals surface area (Å²) in [5.41, 5.74) is 3.05. The first-order valence-corrected chi connectivity index (χ1v) is 5.32. The third kappa shape index (κ3) is 5.36. The largest absolute Gasteiger partial charge is 0.253 e. The van der Waals surface area contributed by atoms with Crippen LogP contribution in [0.1, 0.15) is 32.1 Å². The van der Waals surface area contributed by atoms with Crippen LogP contribution in [0.3, 0.4) is 0 Å². The van der Waals surface area contributed by atoms with Crippen LogP contribution in [0.2, 0.25) is 0 Å². The van der Waals surface area contributed by atoms with E-state index in [1.54, 1.807) is 17.4 Å². The first kappa shape index (κ1) is 12.1. The summed E-state index contributed by atoms with van der Waals surface area (Å²) in [7, 11) is 0. The summed E-state index contributed by atoms with van der Waals surface area (Å²) in [4.78, 5) is 5.18. The van der Waals surface area contributed by atoms with Crippen molar-refractivity contribution in [3.05, 3.63) is 35.3 Å². The highest BCUT2D eigenvalue weighted by molar-refractivity contribution is 7.10. The van der Waals surface area contributed by atoms with Crippen molar-refractivity contribution in [3.63, 3.8) is 0 Å². The van der Waals surface area contributed by atoms with E-state index in [-0.39, 0.29) is 0 Å². The lowest BCUT2D eigenvalue weighted by Gasteiger charge is -1.89. The number of rotatable bonds is 2. The first-order valence-electron chi connectivity index (χ1n) is 4.44. The van der Waals surface area contributed by atoms with E-state index >= 15 is 0 Å². The summed E-state index contributed by atoms with van der Waals surface area (Å²) in [5.74, 6) is 0. The molecule has 13 heavy (non-hydrogen) atoms. The van der Waals surface area contributed by atoms with Gasteiger partial charge in [0.2, 0.25) is 0 Å². The number of allylic oxidation sites excluding steroid dienone is 3. The van der Waals surface area contributed by atoms with E-state index in [1.165, 1.54) is 16.9 Å². The molecule has 0 unspecified atom stereocenters. The quantitative estimate of drug-likeness (QED) is 0.646. The van der Waals surface area contributed by atoms with Crippen molar-refractivity contribution in [1.82, 2.24) is 4.98 Å². The number of hydrogen-bond donors (Lipinski definition) is 0. The molecule has 0 aliphatic rings. The summed E-state index contributed by atoms with van der Waals surface area (Å²) in [6.07, 6.45) is 6.88. The molecule has 0 bridgehead atoms. The van der Waals surface area contributed by atoms with Crippen LogP contribution in [0, 0.1) is 0 Å². The molecule has 0 aromatic carbocycles. The van der Waals surface area contributed by atoms with Gasteiger partial charge in [-0.3, -0.25) is 4.98 Å². The highest BCUT2D eigenvalue weighted by Crippen LogP contribution is 2.16. The van der Waals surface area contributed by atoms with Gasteiger partial charge in [-0.1, -0.05) is 39.0 Å². The fraction of sp³-hybridized carbons (Fsp3) is 0.364. The Morgan fingerprint density at radius 1 is 1.62 bits per heavy atom. The number of aromatic nitrogens is 1. The molecule has 1 aromatic rings. The Hall–Kier alpha value is -0.890. The smallest absolute Gasteiger partial charge is 0.0797 e. The van der Waals surface area contributed by atoms with E-state index in [0.717, 1.165) is 0 Å². The van der Waals surface area contributed by atoms with Crippen LogP contribution in [0.4, 0.5) is 0 Å². The minimum absolute atomic E-state index is 1.21. The standard InChI is InChI=1S/C8H9NS.C3H8/c1-3-4-7(2)8-5-9-6-10-8;1-3-2/h3-6H,1H2,2H3;3H2,1-2H3/b7-4+;. The van der Waals surface area contributed by atoms with Crippen molar-refractivity contribution in [2.24, 2.45) is 0 Å².